The van der Waals surface area contributed by atoms with Gasteiger partial charge in [-0.1, -0.05) is 0 Å². The summed E-state index contributed by atoms with van der Waals surface area (Å²) in [7, 11) is -4.67. The van der Waals surface area contributed by atoms with Gasteiger partial charge in [-0.2, -0.15) is 8.42 Å². The Hall–Kier alpha value is -0.250. The second-order valence-electron chi connectivity index (χ2n) is 3.12. The van der Waals surface area contributed by atoms with Crippen LogP contribution in [0.25, 0.3) is 0 Å². The predicted molar refractivity (Wildman–Crippen MR) is 55.2 cm³/mol. The molecule has 92 valence electrons. The van der Waals surface area contributed by atoms with Gasteiger partial charge in [0.1, 0.15) is 0 Å². The SMILES string of the molecule is O=S(=O)(O)O.OCCCN1CCNCC1. The highest BCUT2D eigenvalue weighted by Crippen LogP contribution is 1.92. The van der Waals surface area contributed by atoms with Gasteiger partial charge in [-0.15, -0.1) is 0 Å². The van der Waals surface area contributed by atoms with Crippen molar-refractivity contribution in [1.82, 2.24) is 10.2 Å². The minimum absolute atomic E-state index is 0.323. The van der Waals surface area contributed by atoms with Gasteiger partial charge in [0.2, 0.25) is 0 Å². The summed E-state index contributed by atoms with van der Waals surface area (Å²) in [5.74, 6) is 0. The highest BCUT2D eigenvalue weighted by atomic mass is 32.3. The van der Waals surface area contributed by atoms with Gasteiger partial charge in [-0.3, -0.25) is 9.11 Å². The molecule has 0 unspecified atom stereocenters. The Morgan fingerprint density at radius 2 is 1.67 bits per heavy atom. The monoisotopic (exact) mass is 242 g/mol. The summed E-state index contributed by atoms with van der Waals surface area (Å²) in [6, 6.07) is 0. The molecule has 0 aromatic carbocycles. The van der Waals surface area contributed by atoms with Crippen LogP contribution in [0.4, 0.5) is 0 Å². The summed E-state index contributed by atoms with van der Waals surface area (Å²) in [6.45, 7) is 5.86. The minimum atomic E-state index is -4.67. The molecule has 0 radical (unpaired) electrons. The number of rotatable bonds is 3. The average molecular weight is 242 g/mol. The van der Waals surface area contributed by atoms with Gasteiger partial charge in [0.05, 0.1) is 0 Å². The minimum Gasteiger partial charge on any atom is -0.396 e. The van der Waals surface area contributed by atoms with Crippen LogP contribution in [0.15, 0.2) is 0 Å². The van der Waals surface area contributed by atoms with Crippen LogP contribution in [0.3, 0.4) is 0 Å². The Bertz CT molecular complexity index is 230. The number of hydrogen-bond acceptors (Lipinski definition) is 5. The third-order valence-electron chi connectivity index (χ3n) is 1.84. The quantitative estimate of drug-likeness (QED) is 0.451. The first-order valence-corrected chi connectivity index (χ1v) is 6.07. The van der Waals surface area contributed by atoms with Crippen molar-refractivity contribution in [2.75, 3.05) is 39.3 Å². The molecule has 0 aromatic rings. The third-order valence-corrected chi connectivity index (χ3v) is 1.84. The fourth-order valence-electron chi connectivity index (χ4n) is 1.23. The van der Waals surface area contributed by atoms with Crippen LogP contribution in [0.5, 0.6) is 0 Å². The number of aliphatic hydroxyl groups is 1. The molecule has 0 spiro atoms. The van der Waals surface area contributed by atoms with E-state index in [4.69, 9.17) is 22.6 Å². The van der Waals surface area contributed by atoms with E-state index in [9.17, 15) is 0 Å². The van der Waals surface area contributed by atoms with Gasteiger partial charge in [-0.05, 0) is 6.42 Å². The van der Waals surface area contributed by atoms with Crippen molar-refractivity contribution >= 4 is 10.4 Å². The van der Waals surface area contributed by atoms with Crippen molar-refractivity contribution in [2.24, 2.45) is 0 Å². The Balaban J connectivity index is 0.000000336. The molecular weight excluding hydrogens is 224 g/mol. The summed E-state index contributed by atoms with van der Waals surface area (Å²) in [6.07, 6.45) is 0.917. The molecule has 0 aromatic heterocycles. The van der Waals surface area contributed by atoms with Gasteiger partial charge in [0, 0.05) is 39.3 Å². The van der Waals surface area contributed by atoms with Crippen LogP contribution in [0.2, 0.25) is 0 Å². The van der Waals surface area contributed by atoms with Gasteiger partial charge < -0.3 is 15.3 Å². The van der Waals surface area contributed by atoms with E-state index >= 15 is 0 Å². The van der Waals surface area contributed by atoms with Crippen LogP contribution in [-0.2, 0) is 10.4 Å². The second-order valence-corrected chi connectivity index (χ2v) is 4.01. The first kappa shape index (κ1) is 14.8. The molecule has 1 aliphatic rings. The van der Waals surface area contributed by atoms with Crippen molar-refractivity contribution in [3.8, 4) is 0 Å². The molecule has 4 N–H and O–H groups in total. The second kappa shape index (κ2) is 7.97. The molecule has 8 heteroatoms. The largest absolute Gasteiger partial charge is 0.396 e. The van der Waals surface area contributed by atoms with E-state index in [1.165, 1.54) is 0 Å². The summed E-state index contributed by atoms with van der Waals surface area (Å²) < 4.78 is 31.6. The lowest BCUT2D eigenvalue weighted by Crippen LogP contribution is -2.43. The molecule has 0 atom stereocenters. The zero-order valence-electron chi connectivity index (χ0n) is 8.46. The van der Waals surface area contributed by atoms with Crippen molar-refractivity contribution in [3.05, 3.63) is 0 Å². The highest BCUT2D eigenvalue weighted by Gasteiger charge is 2.07. The molecule has 0 bridgehead atoms. The zero-order chi connectivity index (χ0) is 11.7. The zero-order valence-corrected chi connectivity index (χ0v) is 9.28. The maximum Gasteiger partial charge on any atom is 0.394 e. The number of hydrogen-bond donors (Lipinski definition) is 4. The first-order valence-electron chi connectivity index (χ1n) is 4.67. The molecule has 15 heavy (non-hydrogen) atoms. The fourth-order valence-corrected chi connectivity index (χ4v) is 1.23. The van der Waals surface area contributed by atoms with Crippen molar-refractivity contribution in [2.45, 2.75) is 6.42 Å². The molecule has 7 nitrogen and oxygen atoms in total. The Kier molecular flexibility index (Phi) is 7.83. The summed E-state index contributed by atoms with van der Waals surface area (Å²) in [4.78, 5) is 2.38. The normalized spacial score (nSPS) is 18.1. The van der Waals surface area contributed by atoms with Gasteiger partial charge >= 0.3 is 10.4 Å². The van der Waals surface area contributed by atoms with Crippen molar-refractivity contribution in [3.63, 3.8) is 0 Å². The van der Waals surface area contributed by atoms with Crippen LogP contribution in [0, 0.1) is 0 Å². The molecule has 1 heterocycles. The number of nitrogens with zero attached hydrogens (tertiary/aromatic N) is 1. The van der Waals surface area contributed by atoms with Crippen molar-refractivity contribution in [1.29, 1.82) is 0 Å². The van der Waals surface area contributed by atoms with E-state index in [-0.39, 0.29) is 0 Å². The summed E-state index contributed by atoms with van der Waals surface area (Å²) >= 11 is 0. The number of aliphatic hydroxyl groups excluding tert-OH is 1. The predicted octanol–water partition coefficient (Wildman–Crippen LogP) is -1.38. The maximum atomic E-state index is 8.74. The molecule has 1 saturated heterocycles. The molecular formula is C7H18N2O5S. The lowest BCUT2D eigenvalue weighted by Gasteiger charge is -2.26. The van der Waals surface area contributed by atoms with E-state index < -0.39 is 10.4 Å². The summed E-state index contributed by atoms with van der Waals surface area (Å²) in [5, 5.41) is 11.8. The molecule has 1 aliphatic heterocycles. The standard InChI is InChI=1S/C7H16N2O.H2O4S/c10-7-1-4-9-5-2-8-3-6-9;1-5(2,3)4/h8,10H,1-7H2;(H2,1,2,3,4). The molecule has 1 fully saturated rings. The lowest BCUT2D eigenvalue weighted by atomic mass is 10.3. The number of nitrogens with one attached hydrogen (secondary N) is 1. The Morgan fingerprint density at radius 3 is 2.07 bits per heavy atom. The van der Waals surface area contributed by atoms with Crippen LogP contribution in [0.1, 0.15) is 6.42 Å². The fraction of sp³-hybridized carbons (Fsp3) is 1.00. The molecule has 1 rings (SSSR count). The van der Waals surface area contributed by atoms with Crippen LogP contribution in [-0.4, -0.2) is 66.9 Å². The van der Waals surface area contributed by atoms with E-state index in [0.717, 1.165) is 39.1 Å². The van der Waals surface area contributed by atoms with Crippen molar-refractivity contribution < 1.29 is 22.6 Å². The maximum absolute atomic E-state index is 8.74. The third kappa shape index (κ3) is 13.8. The molecule has 0 aliphatic carbocycles. The van der Waals surface area contributed by atoms with Crippen LogP contribution < -0.4 is 5.32 Å². The van der Waals surface area contributed by atoms with Gasteiger partial charge in [-0.25, -0.2) is 0 Å². The first-order chi connectivity index (χ1) is 6.93. The van der Waals surface area contributed by atoms with E-state index in [1.54, 1.807) is 0 Å². The van der Waals surface area contributed by atoms with Crippen LogP contribution >= 0.6 is 0 Å². The molecule has 0 saturated carbocycles. The van der Waals surface area contributed by atoms with E-state index in [0.29, 0.717) is 6.61 Å². The molecule has 0 amide bonds. The number of piperazine rings is 1. The van der Waals surface area contributed by atoms with E-state index in [1.807, 2.05) is 0 Å². The smallest absolute Gasteiger partial charge is 0.394 e. The Labute approximate surface area is 89.7 Å². The average Bonchev–Trinajstić information content (AvgIpc) is 2.14. The topological polar surface area (TPSA) is 110 Å². The summed E-state index contributed by atoms with van der Waals surface area (Å²) in [5.41, 5.74) is 0. The highest BCUT2D eigenvalue weighted by molar-refractivity contribution is 7.79. The van der Waals surface area contributed by atoms with E-state index in [2.05, 4.69) is 10.2 Å². The van der Waals surface area contributed by atoms with Gasteiger partial charge in [0.25, 0.3) is 0 Å². The Morgan fingerprint density at radius 1 is 1.20 bits per heavy atom. The van der Waals surface area contributed by atoms with Gasteiger partial charge in [0.15, 0.2) is 0 Å². The lowest BCUT2D eigenvalue weighted by molar-refractivity contribution is 0.206.